The standard InChI is InChI=1S/C18H21N5O3S/c1-15-4-10-18(11-5-15)27(24,25)20-12-2-3-13-26-17-8-6-16(7-9-17)23-14-19-21-22-23/h4-11,14,20H,2-3,12-13H2,1H3. The van der Waals surface area contributed by atoms with E-state index in [2.05, 4.69) is 20.2 Å². The first-order valence-corrected chi connectivity index (χ1v) is 10.1. The van der Waals surface area contributed by atoms with Crippen molar-refractivity contribution >= 4 is 10.0 Å². The summed E-state index contributed by atoms with van der Waals surface area (Å²) >= 11 is 0. The highest BCUT2D eigenvalue weighted by Gasteiger charge is 2.12. The molecular formula is C18H21N5O3S. The summed E-state index contributed by atoms with van der Waals surface area (Å²) in [6.45, 7) is 2.80. The van der Waals surface area contributed by atoms with E-state index < -0.39 is 10.0 Å². The lowest BCUT2D eigenvalue weighted by Gasteiger charge is -2.08. The van der Waals surface area contributed by atoms with Gasteiger partial charge in [0.2, 0.25) is 10.0 Å². The number of nitrogens with one attached hydrogen (secondary N) is 1. The Hall–Kier alpha value is -2.78. The Morgan fingerprint density at radius 3 is 2.44 bits per heavy atom. The molecule has 142 valence electrons. The molecular weight excluding hydrogens is 366 g/mol. The average molecular weight is 387 g/mol. The highest BCUT2D eigenvalue weighted by atomic mass is 32.2. The molecule has 2 aromatic carbocycles. The summed E-state index contributed by atoms with van der Waals surface area (Å²) in [7, 11) is -3.45. The molecule has 0 bridgehead atoms. The topological polar surface area (TPSA) is 99.0 Å². The van der Waals surface area contributed by atoms with E-state index in [1.807, 2.05) is 31.2 Å². The zero-order valence-corrected chi connectivity index (χ0v) is 15.8. The van der Waals surface area contributed by atoms with E-state index in [0.717, 1.165) is 23.4 Å². The van der Waals surface area contributed by atoms with E-state index in [1.165, 1.54) is 6.33 Å². The van der Waals surface area contributed by atoms with Crippen LogP contribution in [0.3, 0.4) is 0 Å². The van der Waals surface area contributed by atoms with Crippen LogP contribution < -0.4 is 9.46 Å². The molecule has 0 aliphatic heterocycles. The van der Waals surface area contributed by atoms with Crippen LogP contribution in [0.5, 0.6) is 5.75 Å². The van der Waals surface area contributed by atoms with E-state index in [-0.39, 0.29) is 4.90 Å². The number of benzene rings is 2. The van der Waals surface area contributed by atoms with Gasteiger partial charge in [-0.15, -0.1) is 5.10 Å². The summed E-state index contributed by atoms with van der Waals surface area (Å²) in [6.07, 6.45) is 2.95. The summed E-state index contributed by atoms with van der Waals surface area (Å²) in [5.74, 6) is 0.743. The van der Waals surface area contributed by atoms with Crippen molar-refractivity contribution in [2.75, 3.05) is 13.2 Å². The monoisotopic (exact) mass is 387 g/mol. The minimum atomic E-state index is -3.45. The smallest absolute Gasteiger partial charge is 0.240 e. The number of rotatable bonds is 9. The fraction of sp³-hybridized carbons (Fsp3) is 0.278. The van der Waals surface area contributed by atoms with Gasteiger partial charge in [-0.25, -0.2) is 17.8 Å². The lowest BCUT2D eigenvalue weighted by atomic mass is 10.2. The van der Waals surface area contributed by atoms with Gasteiger partial charge in [0.1, 0.15) is 12.1 Å². The maximum absolute atomic E-state index is 12.2. The number of hydrogen-bond acceptors (Lipinski definition) is 6. The molecule has 3 aromatic rings. The third kappa shape index (κ3) is 5.35. The lowest BCUT2D eigenvalue weighted by Crippen LogP contribution is -2.25. The summed E-state index contributed by atoms with van der Waals surface area (Å²) in [5, 5.41) is 11.0. The lowest BCUT2D eigenvalue weighted by molar-refractivity contribution is 0.307. The maximum atomic E-state index is 12.2. The molecule has 0 amide bonds. The molecule has 1 N–H and O–H groups in total. The number of aromatic nitrogens is 4. The molecule has 0 saturated heterocycles. The van der Waals surface area contributed by atoms with Gasteiger partial charge in [-0.3, -0.25) is 0 Å². The quantitative estimate of drug-likeness (QED) is 0.565. The second kappa shape index (κ2) is 8.74. The van der Waals surface area contributed by atoms with Crippen molar-refractivity contribution in [3.63, 3.8) is 0 Å². The van der Waals surface area contributed by atoms with Gasteiger partial charge in [0.05, 0.1) is 17.2 Å². The fourth-order valence-corrected chi connectivity index (χ4v) is 3.47. The molecule has 1 heterocycles. The molecule has 8 nitrogen and oxygen atoms in total. The summed E-state index contributed by atoms with van der Waals surface area (Å²) < 4.78 is 34.2. The van der Waals surface area contributed by atoms with E-state index in [1.54, 1.807) is 28.9 Å². The van der Waals surface area contributed by atoms with Gasteiger partial charge in [-0.05, 0) is 66.6 Å². The van der Waals surface area contributed by atoms with Crippen molar-refractivity contribution in [1.29, 1.82) is 0 Å². The van der Waals surface area contributed by atoms with Crippen LogP contribution in [0, 0.1) is 6.92 Å². The predicted molar refractivity (Wildman–Crippen MR) is 100 cm³/mol. The van der Waals surface area contributed by atoms with E-state index in [0.29, 0.717) is 19.6 Å². The Kier molecular flexibility index (Phi) is 6.15. The first-order valence-electron chi connectivity index (χ1n) is 8.57. The number of hydrogen-bond donors (Lipinski definition) is 1. The highest BCUT2D eigenvalue weighted by Crippen LogP contribution is 2.14. The zero-order chi connectivity index (χ0) is 19.1. The Morgan fingerprint density at radius 1 is 1.04 bits per heavy atom. The summed E-state index contributed by atoms with van der Waals surface area (Å²) in [4.78, 5) is 0.284. The maximum Gasteiger partial charge on any atom is 0.240 e. The zero-order valence-electron chi connectivity index (χ0n) is 14.9. The van der Waals surface area contributed by atoms with Gasteiger partial charge in [0.25, 0.3) is 0 Å². The second-order valence-corrected chi connectivity index (χ2v) is 7.78. The van der Waals surface area contributed by atoms with Crippen LogP contribution in [-0.2, 0) is 10.0 Å². The van der Waals surface area contributed by atoms with Crippen LogP contribution in [0.1, 0.15) is 18.4 Å². The van der Waals surface area contributed by atoms with E-state index in [4.69, 9.17) is 4.74 Å². The number of unbranched alkanes of at least 4 members (excludes halogenated alkanes) is 1. The van der Waals surface area contributed by atoms with Crippen LogP contribution in [0.4, 0.5) is 0 Å². The Labute approximate surface area is 158 Å². The first-order chi connectivity index (χ1) is 13.0. The van der Waals surface area contributed by atoms with Gasteiger partial charge in [-0.2, -0.15) is 0 Å². The van der Waals surface area contributed by atoms with E-state index in [9.17, 15) is 8.42 Å². The summed E-state index contributed by atoms with van der Waals surface area (Å²) in [5.41, 5.74) is 1.87. The van der Waals surface area contributed by atoms with Crippen molar-refractivity contribution in [2.24, 2.45) is 0 Å². The molecule has 27 heavy (non-hydrogen) atoms. The van der Waals surface area contributed by atoms with Crippen molar-refractivity contribution < 1.29 is 13.2 Å². The molecule has 9 heteroatoms. The molecule has 3 rings (SSSR count). The largest absolute Gasteiger partial charge is 0.494 e. The molecule has 0 spiro atoms. The Bertz CT molecular complexity index is 940. The van der Waals surface area contributed by atoms with Crippen LogP contribution in [0.25, 0.3) is 5.69 Å². The Balaban J connectivity index is 1.37. The Morgan fingerprint density at radius 2 is 1.78 bits per heavy atom. The number of sulfonamides is 1. The predicted octanol–water partition coefficient (Wildman–Crippen LogP) is 2.11. The van der Waals surface area contributed by atoms with E-state index >= 15 is 0 Å². The molecule has 0 radical (unpaired) electrons. The fourth-order valence-electron chi connectivity index (χ4n) is 2.40. The molecule has 0 fully saturated rings. The minimum Gasteiger partial charge on any atom is -0.494 e. The second-order valence-electron chi connectivity index (χ2n) is 6.01. The van der Waals surface area contributed by atoms with Crippen LogP contribution >= 0.6 is 0 Å². The van der Waals surface area contributed by atoms with Crippen molar-refractivity contribution in [1.82, 2.24) is 24.9 Å². The number of tetrazole rings is 1. The highest BCUT2D eigenvalue weighted by molar-refractivity contribution is 7.89. The third-order valence-electron chi connectivity index (χ3n) is 3.91. The van der Waals surface area contributed by atoms with Crippen molar-refractivity contribution in [3.8, 4) is 11.4 Å². The van der Waals surface area contributed by atoms with Gasteiger partial charge in [0.15, 0.2) is 0 Å². The molecule has 0 unspecified atom stereocenters. The number of ether oxygens (including phenoxy) is 1. The molecule has 0 aliphatic carbocycles. The van der Waals surface area contributed by atoms with Crippen molar-refractivity contribution in [2.45, 2.75) is 24.7 Å². The number of aryl methyl sites for hydroxylation is 1. The first kappa shape index (κ1) is 19.0. The normalized spacial score (nSPS) is 11.4. The SMILES string of the molecule is Cc1ccc(S(=O)(=O)NCCCCOc2ccc(-n3cnnn3)cc2)cc1. The van der Waals surface area contributed by atoms with Gasteiger partial charge >= 0.3 is 0 Å². The van der Waals surface area contributed by atoms with Crippen LogP contribution in [0.2, 0.25) is 0 Å². The minimum absolute atomic E-state index is 0.284. The third-order valence-corrected chi connectivity index (χ3v) is 5.39. The summed E-state index contributed by atoms with van der Waals surface area (Å²) in [6, 6.07) is 14.2. The van der Waals surface area contributed by atoms with Gasteiger partial charge < -0.3 is 4.74 Å². The van der Waals surface area contributed by atoms with Crippen LogP contribution in [-0.4, -0.2) is 41.8 Å². The molecule has 0 aliphatic rings. The molecule has 1 aromatic heterocycles. The average Bonchev–Trinajstić information content (AvgIpc) is 3.20. The van der Waals surface area contributed by atoms with Crippen molar-refractivity contribution in [3.05, 3.63) is 60.4 Å². The van der Waals surface area contributed by atoms with Gasteiger partial charge in [0, 0.05) is 6.54 Å². The molecule has 0 atom stereocenters. The molecule has 0 saturated carbocycles. The van der Waals surface area contributed by atoms with Crippen LogP contribution in [0.15, 0.2) is 59.8 Å². The number of nitrogens with zero attached hydrogens (tertiary/aromatic N) is 4. The van der Waals surface area contributed by atoms with Gasteiger partial charge in [-0.1, -0.05) is 17.7 Å².